The van der Waals surface area contributed by atoms with Crippen molar-refractivity contribution in [3.8, 4) is 0 Å². The van der Waals surface area contributed by atoms with Crippen molar-refractivity contribution in [3.05, 3.63) is 33.9 Å². The van der Waals surface area contributed by atoms with E-state index in [1.807, 2.05) is 0 Å². The summed E-state index contributed by atoms with van der Waals surface area (Å²) in [6, 6.07) is 2.03. The van der Waals surface area contributed by atoms with Crippen molar-refractivity contribution in [1.29, 1.82) is 0 Å². The summed E-state index contributed by atoms with van der Waals surface area (Å²) in [7, 11) is 0. The first-order chi connectivity index (χ1) is 11.1. The highest BCUT2D eigenvalue weighted by Gasteiger charge is 2.29. The zero-order valence-corrected chi connectivity index (χ0v) is 12.8. The smallest absolute Gasteiger partial charge is 0.275 e. The van der Waals surface area contributed by atoms with Crippen LogP contribution in [0.4, 0.5) is 20.2 Å². The highest BCUT2D eigenvalue weighted by molar-refractivity contribution is 5.54. The Morgan fingerprint density at radius 2 is 1.65 bits per heavy atom. The molecule has 8 heteroatoms. The molecule has 0 radical (unpaired) electrons. The monoisotopic (exact) mass is 326 g/mol. The summed E-state index contributed by atoms with van der Waals surface area (Å²) in [6.07, 6.45) is 1.69. The van der Waals surface area contributed by atoms with E-state index in [1.165, 1.54) is 0 Å². The molecule has 0 unspecified atom stereocenters. The number of nitro groups is 1. The molecule has 0 aromatic heterocycles. The molecule has 0 atom stereocenters. The number of hydrogen-bond acceptors (Lipinski definition) is 5. The number of halogens is 2. The van der Waals surface area contributed by atoms with Crippen LogP contribution in [0.15, 0.2) is 12.1 Å². The minimum Gasteiger partial charge on any atom is -0.367 e. The number of hydrogen-bond donors (Lipinski definition) is 1. The normalized spacial score (nSPS) is 20.7. The molecule has 23 heavy (non-hydrogen) atoms. The van der Waals surface area contributed by atoms with Crippen LogP contribution in [0, 0.1) is 21.7 Å². The van der Waals surface area contributed by atoms with Gasteiger partial charge in [-0.25, -0.2) is 8.78 Å². The number of rotatable bonds is 3. The Bertz CT molecular complexity index is 562. The second-order valence-corrected chi connectivity index (χ2v) is 6.02. The number of piperazine rings is 1. The van der Waals surface area contributed by atoms with Crippen molar-refractivity contribution in [3.63, 3.8) is 0 Å². The van der Waals surface area contributed by atoms with Gasteiger partial charge in [0.25, 0.3) is 5.69 Å². The highest BCUT2D eigenvalue weighted by Crippen LogP contribution is 2.31. The van der Waals surface area contributed by atoms with Crippen molar-refractivity contribution in [2.45, 2.75) is 18.9 Å². The standard InChI is InChI=1S/C15H20F2N4O2/c16-13-9-12(21(22)23)10-14(17)15(13)20-5-1-11(2-6-20)19-7-3-18-4-8-19/h9-11,18H,1-8H2. The molecule has 2 fully saturated rings. The van der Waals surface area contributed by atoms with Gasteiger partial charge in [0, 0.05) is 45.3 Å². The van der Waals surface area contributed by atoms with Crippen molar-refractivity contribution >= 4 is 11.4 Å². The summed E-state index contributed by atoms with van der Waals surface area (Å²) in [6.45, 7) is 5.08. The molecule has 0 aliphatic carbocycles. The zero-order valence-electron chi connectivity index (χ0n) is 12.8. The number of nitrogens with one attached hydrogen (secondary N) is 1. The molecule has 1 aromatic rings. The maximum Gasteiger partial charge on any atom is 0.275 e. The first-order valence-corrected chi connectivity index (χ1v) is 7.89. The van der Waals surface area contributed by atoms with E-state index < -0.39 is 22.2 Å². The lowest BCUT2D eigenvalue weighted by Crippen LogP contribution is -2.52. The number of benzene rings is 1. The van der Waals surface area contributed by atoms with Crippen molar-refractivity contribution in [1.82, 2.24) is 10.2 Å². The van der Waals surface area contributed by atoms with Crippen LogP contribution in [0.3, 0.4) is 0 Å². The molecule has 2 aliphatic rings. The Hall–Kier alpha value is -1.80. The predicted molar refractivity (Wildman–Crippen MR) is 82.7 cm³/mol. The second kappa shape index (κ2) is 6.76. The number of anilines is 1. The molecule has 0 bridgehead atoms. The molecule has 2 heterocycles. The first-order valence-electron chi connectivity index (χ1n) is 7.89. The van der Waals surface area contributed by atoms with Crippen LogP contribution in [-0.4, -0.2) is 55.1 Å². The van der Waals surface area contributed by atoms with Gasteiger partial charge in [-0.2, -0.15) is 0 Å². The summed E-state index contributed by atoms with van der Waals surface area (Å²) in [5.74, 6) is -1.73. The van der Waals surface area contributed by atoms with Gasteiger partial charge in [0.15, 0.2) is 11.6 Å². The minimum absolute atomic E-state index is 0.144. The second-order valence-electron chi connectivity index (χ2n) is 6.02. The van der Waals surface area contributed by atoms with Gasteiger partial charge in [-0.3, -0.25) is 15.0 Å². The van der Waals surface area contributed by atoms with Gasteiger partial charge in [0.05, 0.1) is 17.1 Å². The molecule has 0 spiro atoms. The Labute approximate surface area is 133 Å². The van der Waals surface area contributed by atoms with Gasteiger partial charge >= 0.3 is 0 Å². The molecule has 0 saturated carbocycles. The average Bonchev–Trinajstić information content (AvgIpc) is 2.55. The quantitative estimate of drug-likeness (QED) is 0.677. The van der Waals surface area contributed by atoms with Gasteiger partial charge in [-0.15, -0.1) is 0 Å². The Kier molecular flexibility index (Phi) is 4.72. The van der Waals surface area contributed by atoms with E-state index >= 15 is 0 Å². The lowest BCUT2D eigenvalue weighted by atomic mass is 10.0. The van der Waals surface area contributed by atoms with Gasteiger partial charge in [-0.1, -0.05) is 0 Å². The van der Waals surface area contributed by atoms with Crippen LogP contribution in [0.2, 0.25) is 0 Å². The number of nitro benzene ring substituents is 1. The van der Waals surface area contributed by atoms with E-state index in [9.17, 15) is 18.9 Å². The molecular formula is C15H20F2N4O2. The Morgan fingerprint density at radius 3 is 2.17 bits per heavy atom. The van der Waals surface area contributed by atoms with Crippen LogP contribution < -0.4 is 10.2 Å². The molecular weight excluding hydrogens is 306 g/mol. The maximum atomic E-state index is 14.1. The number of nitrogens with zero attached hydrogens (tertiary/aromatic N) is 3. The number of non-ortho nitro benzene ring substituents is 1. The Balaban J connectivity index is 1.69. The minimum atomic E-state index is -0.864. The maximum absolute atomic E-state index is 14.1. The summed E-state index contributed by atoms with van der Waals surface area (Å²) < 4.78 is 28.2. The van der Waals surface area contributed by atoms with E-state index in [0.717, 1.165) is 51.2 Å². The summed E-state index contributed by atoms with van der Waals surface area (Å²) in [4.78, 5) is 14.0. The molecule has 1 N–H and O–H groups in total. The molecule has 6 nitrogen and oxygen atoms in total. The van der Waals surface area contributed by atoms with Crippen LogP contribution in [0.25, 0.3) is 0 Å². The largest absolute Gasteiger partial charge is 0.367 e. The zero-order chi connectivity index (χ0) is 16.4. The third-order valence-corrected chi connectivity index (χ3v) is 4.66. The molecule has 2 saturated heterocycles. The van der Waals surface area contributed by atoms with Gasteiger partial charge in [0.2, 0.25) is 0 Å². The van der Waals surface area contributed by atoms with Crippen molar-refractivity contribution in [2.24, 2.45) is 0 Å². The predicted octanol–water partition coefficient (Wildman–Crippen LogP) is 1.75. The lowest BCUT2D eigenvalue weighted by molar-refractivity contribution is -0.385. The lowest BCUT2D eigenvalue weighted by Gasteiger charge is -2.41. The Morgan fingerprint density at radius 1 is 1.09 bits per heavy atom. The molecule has 3 rings (SSSR count). The highest BCUT2D eigenvalue weighted by atomic mass is 19.1. The van der Waals surface area contributed by atoms with Crippen LogP contribution in [0.5, 0.6) is 0 Å². The van der Waals surface area contributed by atoms with Crippen molar-refractivity contribution in [2.75, 3.05) is 44.2 Å². The topological polar surface area (TPSA) is 61.7 Å². The van der Waals surface area contributed by atoms with E-state index in [1.54, 1.807) is 4.90 Å². The summed E-state index contributed by atoms with van der Waals surface area (Å²) in [5.41, 5.74) is -0.700. The van der Waals surface area contributed by atoms with Crippen LogP contribution in [-0.2, 0) is 0 Å². The average molecular weight is 326 g/mol. The summed E-state index contributed by atoms with van der Waals surface area (Å²) >= 11 is 0. The van der Waals surface area contributed by atoms with Gasteiger partial charge in [0.1, 0.15) is 5.69 Å². The molecule has 126 valence electrons. The fourth-order valence-corrected chi connectivity index (χ4v) is 3.46. The molecule has 0 amide bonds. The number of piperidine rings is 1. The SMILES string of the molecule is O=[N+]([O-])c1cc(F)c(N2CCC(N3CCNCC3)CC2)c(F)c1. The van der Waals surface area contributed by atoms with E-state index in [2.05, 4.69) is 10.2 Å². The third-order valence-electron chi connectivity index (χ3n) is 4.66. The van der Waals surface area contributed by atoms with E-state index in [4.69, 9.17) is 0 Å². The fraction of sp³-hybridized carbons (Fsp3) is 0.600. The van der Waals surface area contributed by atoms with Gasteiger partial charge in [-0.05, 0) is 12.8 Å². The van der Waals surface area contributed by atoms with Gasteiger partial charge < -0.3 is 10.2 Å². The molecule has 2 aliphatic heterocycles. The van der Waals surface area contributed by atoms with E-state index in [0.29, 0.717) is 19.1 Å². The van der Waals surface area contributed by atoms with Crippen LogP contribution in [0.1, 0.15) is 12.8 Å². The molecule has 1 aromatic carbocycles. The van der Waals surface area contributed by atoms with Crippen molar-refractivity contribution < 1.29 is 13.7 Å². The van der Waals surface area contributed by atoms with Crippen LogP contribution >= 0.6 is 0 Å². The summed E-state index contributed by atoms with van der Waals surface area (Å²) in [5, 5.41) is 14.0. The fourth-order valence-electron chi connectivity index (χ4n) is 3.46. The first kappa shape index (κ1) is 16.1. The third kappa shape index (κ3) is 3.42. The van der Waals surface area contributed by atoms with E-state index in [-0.39, 0.29) is 5.69 Å².